The molecule has 23 heavy (non-hydrogen) atoms. The standard InChI is InChI=1S/C16H9Cl2NO4/c1-23-16(22)8-2-4-10-11(6-8)15(21)19(14(10)20)13-5-3-9(17)7-12(13)18/h2-7H,1H3. The van der Waals surface area contributed by atoms with Crippen LogP contribution in [0.3, 0.4) is 0 Å². The zero-order chi connectivity index (χ0) is 16.7. The molecule has 7 heteroatoms. The summed E-state index contributed by atoms with van der Waals surface area (Å²) in [4.78, 5) is 37.6. The molecule has 0 fully saturated rings. The highest BCUT2D eigenvalue weighted by Crippen LogP contribution is 2.35. The van der Waals surface area contributed by atoms with E-state index >= 15 is 0 Å². The van der Waals surface area contributed by atoms with Crippen molar-refractivity contribution in [1.82, 2.24) is 0 Å². The van der Waals surface area contributed by atoms with Crippen molar-refractivity contribution < 1.29 is 19.1 Å². The van der Waals surface area contributed by atoms with Crippen LogP contribution in [0, 0.1) is 0 Å². The van der Waals surface area contributed by atoms with E-state index in [9.17, 15) is 14.4 Å². The first-order valence-corrected chi connectivity index (χ1v) is 7.26. The normalized spacial score (nSPS) is 13.3. The Morgan fingerprint density at radius 3 is 2.35 bits per heavy atom. The highest BCUT2D eigenvalue weighted by molar-refractivity contribution is 6.41. The fourth-order valence-electron chi connectivity index (χ4n) is 2.37. The summed E-state index contributed by atoms with van der Waals surface area (Å²) in [5, 5.41) is 0.573. The predicted octanol–water partition coefficient (Wildman–Crippen LogP) is 3.58. The fraction of sp³-hybridized carbons (Fsp3) is 0.0625. The first-order valence-electron chi connectivity index (χ1n) is 6.50. The number of amides is 2. The Labute approximate surface area is 141 Å². The molecule has 1 heterocycles. The Morgan fingerprint density at radius 2 is 1.70 bits per heavy atom. The summed E-state index contributed by atoms with van der Waals surface area (Å²) in [5.74, 6) is -1.65. The third kappa shape index (κ3) is 2.48. The molecule has 0 aliphatic carbocycles. The minimum atomic E-state index is -0.587. The number of benzene rings is 2. The van der Waals surface area contributed by atoms with Crippen LogP contribution < -0.4 is 4.90 Å². The molecule has 0 unspecified atom stereocenters. The van der Waals surface area contributed by atoms with Crippen LogP contribution in [0.4, 0.5) is 5.69 Å². The number of hydrogen-bond acceptors (Lipinski definition) is 4. The van der Waals surface area contributed by atoms with E-state index < -0.39 is 17.8 Å². The van der Waals surface area contributed by atoms with E-state index in [1.807, 2.05) is 0 Å². The maximum atomic E-state index is 12.6. The molecule has 0 radical (unpaired) electrons. The number of nitrogens with zero attached hydrogens (tertiary/aromatic N) is 1. The summed E-state index contributed by atoms with van der Waals surface area (Å²) in [6.45, 7) is 0. The van der Waals surface area contributed by atoms with Gasteiger partial charge in [-0.2, -0.15) is 0 Å². The zero-order valence-corrected chi connectivity index (χ0v) is 13.3. The predicted molar refractivity (Wildman–Crippen MR) is 85.4 cm³/mol. The summed E-state index contributed by atoms with van der Waals surface area (Å²) in [7, 11) is 1.24. The van der Waals surface area contributed by atoms with Gasteiger partial charge in [0.2, 0.25) is 0 Å². The molecule has 2 aromatic carbocycles. The van der Waals surface area contributed by atoms with Crippen molar-refractivity contribution in [3.8, 4) is 0 Å². The number of carbonyl (C=O) groups excluding carboxylic acids is 3. The van der Waals surface area contributed by atoms with Gasteiger partial charge in [0, 0.05) is 5.02 Å². The number of esters is 1. The lowest BCUT2D eigenvalue weighted by Crippen LogP contribution is -2.29. The SMILES string of the molecule is COC(=O)c1ccc2c(c1)C(=O)N(c1ccc(Cl)cc1Cl)C2=O. The van der Waals surface area contributed by atoms with Crippen LogP contribution in [-0.2, 0) is 4.74 Å². The first kappa shape index (κ1) is 15.5. The number of ether oxygens (including phenoxy) is 1. The summed E-state index contributed by atoms with van der Waals surface area (Å²) < 4.78 is 4.62. The molecule has 5 nitrogen and oxygen atoms in total. The smallest absolute Gasteiger partial charge is 0.337 e. The highest BCUT2D eigenvalue weighted by Gasteiger charge is 2.38. The molecular weight excluding hydrogens is 341 g/mol. The van der Waals surface area contributed by atoms with Gasteiger partial charge in [0.1, 0.15) is 0 Å². The Bertz CT molecular complexity index is 863. The van der Waals surface area contributed by atoms with Crippen LogP contribution in [0.5, 0.6) is 0 Å². The summed E-state index contributed by atoms with van der Waals surface area (Å²) in [6, 6.07) is 8.67. The molecule has 0 atom stereocenters. The van der Waals surface area contributed by atoms with E-state index in [0.717, 1.165) is 4.90 Å². The molecule has 0 saturated carbocycles. The Hall–Kier alpha value is -2.37. The number of imide groups is 1. The van der Waals surface area contributed by atoms with Crippen molar-refractivity contribution in [3.05, 3.63) is 63.1 Å². The van der Waals surface area contributed by atoms with Crippen LogP contribution in [0.2, 0.25) is 10.0 Å². The van der Waals surface area contributed by atoms with Crippen LogP contribution in [0.15, 0.2) is 36.4 Å². The Balaban J connectivity index is 2.08. The summed E-state index contributed by atoms with van der Waals surface area (Å²) in [6.07, 6.45) is 0. The summed E-state index contributed by atoms with van der Waals surface area (Å²) in [5.41, 5.74) is 0.760. The molecule has 2 aromatic rings. The number of anilines is 1. The second-order valence-corrected chi connectivity index (χ2v) is 5.64. The van der Waals surface area contributed by atoms with Gasteiger partial charge in [-0.15, -0.1) is 0 Å². The molecule has 0 aromatic heterocycles. The van der Waals surface area contributed by atoms with Crippen molar-refractivity contribution in [2.75, 3.05) is 12.0 Å². The third-order valence-corrected chi connectivity index (χ3v) is 4.00. The maximum Gasteiger partial charge on any atom is 0.337 e. The van der Waals surface area contributed by atoms with Gasteiger partial charge in [-0.05, 0) is 36.4 Å². The molecule has 0 saturated heterocycles. The molecule has 1 aliphatic rings. The lowest BCUT2D eigenvalue weighted by atomic mass is 10.1. The Kier molecular flexibility index (Phi) is 3.83. The minimum absolute atomic E-state index is 0.129. The van der Waals surface area contributed by atoms with E-state index in [1.165, 1.54) is 43.5 Å². The average Bonchev–Trinajstić information content (AvgIpc) is 2.78. The van der Waals surface area contributed by atoms with E-state index in [4.69, 9.17) is 23.2 Å². The van der Waals surface area contributed by atoms with Crippen LogP contribution in [0.25, 0.3) is 0 Å². The molecule has 3 rings (SSSR count). The molecule has 0 N–H and O–H groups in total. The van der Waals surface area contributed by atoms with Gasteiger partial charge in [0.05, 0.1) is 34.5 Å². The topological polar surface area (TPSA) is 63.7 Å². The van der Waals surface area contributed by atoms with Crippen molar-refractivity contribution in [2.24, 2.45) is 0 Å². The van der Waals surface area contributed by atoms with E-state index in [2.05, 4.69) is 4.74 Å². The number of carbonyl (C=O) groups is 3. The largest absolute Gasteiger partial charge is 0.465 e. The number of halogens is 2. The molecular formula is C16H9Cl2NO4. The number of rotatable bonds is 2. The van der Waals surface area contributed by atoms with Gasteiger partial charge in [-0.25, -0.2) is 9.69 Å². The van der Waals surface area contributed by atoms with Gasteiger partial charge in [-0.3, -0.25) is 9.59 Å². The quantitative estimate of drug-likeness (QED) is 0.614. The van der Waals surface area contributed by atoms with Crippen molar-refractivity contribution in [2.45, 2.75) is 0 Å². The summed E-state index contributed by atoms with van der Waals surface area (Å²) >= 11 is 11.9. The zero-order valence-electron chi connectivity index (χ0n) is 11.8. The lowest BCUT2D eigenvalue weighted by Gasteiger charge is -2.15. The first-order chi connectivity index (χ1) is 10.9. The van der Waals surface area contributed by atoms with Gasteiger partial charge in [-0.1, -0.05) is 23.2 Å². The molecule has 0 spiro atoms. The van der Waals surface area contributed by atoms with Gasteiger partial charge in [0.15, 0.2) is 0 Å². The van der Waals surface area contributed by atoms with Gasteiger partial charge < -0.3 is 4.74 Å². The molecule has 2 amide bonds. The second-order valence-electron chi connectivity index (χ2n) is 4.79. The molecule has 116 valence electrons. The maximum absolute atomic E-state index is 12.6. The monoisotopic (exact) mass is 349 g/mol. The van der Waals surface area contributed by atoms with Crippen molar-refractivity contribution >= 4 is 46.7 Å². The van der Waals surface area contributed by atoms with Crippen LogP contribution in [-0.4, -0.2) is 24.9 Å². The minimum Gasteiger partial charge on any atom is -0.465 e. The second kappa shape index (κ2) is 5.68. The molecule has 0 bridgehead atoms. The van der Waals surface area contributed by atoms with Crippen LogP contribution in [0.1, 0.15) is 31.1 Å². The Morgan fingerprint density at radius 1 is 1.00 bits per heavy atom. The third-order valence-electron chi connectivity index (χ3n) is 3.46. The van der Waals surface area contributed by atoms with E-state index in [1.54, 1.807) is 0 Å². The van der Waals surface area contributed by atoms with Crippen molar-refractivity contribution in [3.63, 3.8) is 0 Å². The number of methoxy groups -OCH3 is 1. The van der Waals surface area contributed by atoms with Crippen LogP contribution >= 0.6 is 23.2 Å². The van der Waals surface area contributed by atoms with Crippen molar-refractivity contribution in [1.29, 1.82) is 0 Å². The van der Waals surface area contributed by atoms with E-state index in [0.29, 0.717) is 5.02 Å². The van der Waals surface area contributed by atoms with Gasteiger partial charge >= 0.3 is 5.97 Å². The number of fused-ring (bicyclic) bond motifs is 1. The molecule has 1 aliphatic heterocycles. The van der Waals surface area contributed by atoms with Gasteiger partial charge in [0.25, 0.3) is 11.8 Å². The average molecular weight is 350 g/mol. The number of hydrogen-bond donors (Lipinski definition) is 0. The fourth-order valence-corrected chi connectivity index (χ4v) is 2.86. The lowest BCUT2D eigenvalue weighted by molar-refractivity contribution is 0.0600. The highest BCUT2D eigenvalue weighted by atomic mass is 35.5. The van der Waals surface area contributed by atoms with E-state index in [-0.39, 0.29) is 27.4 Å².